The van der Waals surface area contributed by atoms with Crippen LogP contribution in [0.15, 0.2) is 30.9 Å². The predicted octanol–water partition coefficient (Wildman–Crippen LogP) is 1.39. The fraction of sp³-hybridized carbons (Fsp3) is 0.333. The second-order valence-corrected chi connectivity index (χ2v) is 3.59. The molecule has 0 amide bonds. The van der Waals surface area contributed by atoms with E-state index in [1.165, 1.54) is 0 Å². The number of aliphatic hydroxyl groups is 1. The van der Waals surface area contributed by atoms with Gasteiger partial charge in [0, 0.05) is 30.7 Å². The third-order valence-electron chi connectivity index (χ3n) is 2.66. The van der Waals surface area contributed by atoms with E-state index in [-0.39, 0.29) is 0 Å². The molecule has 2 aromatic heterocycles. The normalized spacial score (nSPS) is 12.4. The van der Waals surface area contributed by atoms with Gasteiger partial charge in [0.05, 0.1) is 13.3 Å². The van der Waals surface area contributed by atoms with Gasteiger partial charge in [0.1, 0.15) is 17.7 Å². The van der Waals surface area contributed by atoms with Gasteiger partial charge in [-0.1, -0.05) is 0 Å². The van der Waals surface area contributed by atoms with E-state index >= 15 is 0 Å². The van der Waals surface area contributed by atoms with Crippen LogP contribution in [-0.2, 0) is 6.54 Å². The maximum absolute atomic E-state index is 10.3. The van der Waals surface area contributed by atoms with Gasteiger partial charge in [-0.2, -0.15) is 0 Å². The molecule has 17 heavy (non-hydrogen) atoms. The second-order valence-electron chi connectivity index (χ2n) is 3.59. The van der Waals surface area contributed by atoms with E-state index in [9.17, 15) is 5.11 Å². The molecule has 0 fully saturated rings. The Balaban J connectivity index is 2.40. The average Bonchev–Trinajstić information content (AvgIpc) is 2.86. The summed E-state index contributed by atoms with van der Waals surface area (Å²) in [7, 11) is 1.56. The molecular formula is C12H15N3O2. The number of hydrogen-bond acceptors (Lipinski definition) is 4. The Kier molecular flexibility index (Phi) is 3.39. The fourth-order valence-corrected chi connectivity index (χ4v) is 1.76. The predicted molar refractivity (Wildman–Crippen MR) is 62.8 cm³/mol. The van der Waals surface area contributed by atoms with Crippen LogP contribution in [0.2, 0.25) is 0 Å². The van der Waals surface area contributed by atoms with Crippen molar-refractivity contribution in [3.05, 3.63) is 42.2 Å². The minimum absolute atomic E-state index is 0.561. The summed E-state index contributed by atoms with van der Waals surface area (Å²) in [6.45, 7) is 2.77. The van der Waals surface area contributed by atoms with Gasteiger partial charge in [-0.25, -0.2) is 4.98 Å². The van der Waals surface area contributed by atoms with Crippen molar-refractivity contribution in [2.45, 2.75) is 19.6 Å². The van der Waals surface area contributed by atoms with Crippen LogP contribution < -0.4 is 4.74 Å². The first-order valence-corrected chi connectivity index (χ1v) is 5.45. The summed E-state index contributed by atoms with van der Waals surface area (Å²) in [6.07, 6.45) is 5.92. The number of hydrogen-bond donors (Lipinski definition) is 1. The van der Waals surface area contributed by atoms with E-state index in [2.05, 4.69) is 9.97 Å². The summed E-state index contributed by atoms with van der Waals surface area (Å²) >= 11 is 0. The highest BCUT2D eigenvalue weighted by atomic mass is 16.5. The molecule has 0 aromatic carbocycles. The summed E-state index contributed by atoms with van der Waals surface area (Å²) in [5.74, 6) is 1.17. The summed E-state index contributed by atoms with van der Waals surface area (Å²) in [6, 6.07) is 1.73. The van der Waals surface area contributed by atoms with Gasteiger partial charge >= 0.3 is 0 Å². The zero-order chi connectivity index (χ0) is 12.3. The Hall–Kier alpha value is -1.88. The van der Waals surface area contributed by atoms with Gasteiger partial charge < -0.3 is 14.4 Å². The highest BCUT2D eigenvalue weighted by Gasteiger charge is 2.19. The van der Waals surface area contributed by atoms with Crippen LogP contribution in [0.4, 0.5) is 0 Å². The minimum atomic E-state index is -0.803. The first-order valence-electron chi connectivity index (χ1n) is 5.45. The Bertz CT molecular complexity index is 496. The van der Waals surface area contributed by atoms with E-state index in [0.717, 1.165) is 6.54 Å². The lowest BCUT2D eigenvalue weighted by Crippen LogP contribution is -2.10. The molecule has 0 bridgehead atoms. The summed E-state index contributed by atoms with van der Waals surface area (Å²) < 4.78 is 7.07. The number of aromatic nitrogens is 3. The number of pyridine rings is 1. The van der Waals surface area contributed by atoms with Crippen LogP contribution in [0.3, 0.4) is 0 Å². The summed E-state index contributed by atoms with van der Waals surface area (Å²) in [4.78, 5) is 8.13. The highest BCUT2D eigenvalue weighted by Crippen LogP contribution is 2.27. The van der Waals surface area contributed by atoms with Crippen LogP contribution in [0.1, 0.15) is 24.4 Å². The molecule has 5 nitrogen and oxygen atoms in total. The monoisotopic (exact) mass is 233 g/mol. The zero-order valence-electron chi connectivity index (χ0n) is 9.87. The van der Waals surface area contributed by atoms with Gasteiger partial charge in [0.25, 0.3) is 0 Å². The van der Waals surface area contributed by atoms with Crippen LogP contribution in [-0.4, -0.2) is 26.8 Å². The first-order chi connectivity index (χ1) is 8.27. The maximum Gasteiger partial charge on any atom is 0.143 e. The van der Waals surface area contributed by atoms with Crippen molar-refractivity contribution in [3.8, 4) is 5.75 Å². The molecule has 2 heterocycles. The number of ether oxygens (including phenoxy) is 1. The lowest BCUT2D eigenvalue weighted by molar-refractivity contribution is 0.199. The van der Waals surface area contributed by atoms with Crippen molar-refractivity contribution in [2.75, 3.05) is 7.11 Å². The smallest absolute Gasteiger partial charge is 0.143 e. The number of nitrogens with zero attached hydrogens (tertiary/aromatic N) is 3. The van der Waals surface area contributed by atoms with Crippen LogP contribution >= 0.6 is 0 Å². The van der Waals surface area contributed by atoms with E-state index in [1.807, 2.05) is 17.7 Å². The molecule has 2 rings (SSSR count). The summed E-state index contributed by atoms with van der Waals surface area (Å²) in [5.41, 5.74) is 0.670. The zero-order valence-corrected chi connectivity index (χ0v) is 9.87. The molecule has 5 heteroatoms. The SMILES string of the molecule is CCn1ccnc1C(O)c1ccncc1OC. The highest BCUT2D eigenvalue weighted by molar-refractivity contribution is 5.34. The lowest BCUT2D eigenvalue weighted by Gasteiger charge is -2.14. The molecule has 0 saturated heterocycles. The number of methoxy groups -OCH3 is 1. The van der Waals surface area contributed by atoms with E-state index in [1.54, 1.807) is 31.8 Å². The second kappa shape index (κ2) is 4.97. The number of imidazole rings is 1. The molecule has 0 aliphatic heterocycles. The van der Waals surface area contributed by atoms with Gasteiger partial charge in [-0.15, -0.1) is 0 Å². The topological polar surface area (TPSA) is 60.2 Å². The fourth-order valence-electron chi connectivity index (χ4n) is 1.76. The number of aryl methyl sites for hydroxylation is 1. The average molecular weight is 233 g/mol. The maximum atomic E-state index is 10.3. The van der Waals surface area contributed by atoms with Crippen molar-refractivity contribution in [2.24, 2.45) is 0 Å². The van der Waals surface area contributed by atoms with E-state index in [0.29, 0.717) is 17.1 Å². The largest absolute Gasteiger partial charge is 0.495 e. The van der Waals surface area contributed by atoms with Crippen molar-refractivity contribution in [1.29, 1.82) is 0 Å². The lowest BCUT2D eigenvalue weighted by atomic mass is 10.1. The molecule has 1 N–H and O–H groups in total. The molecule has 0 saturated carbocycles. The molecule has 0 aliphatic carbocycles. The molecule has 1 atom stereocenters. The number of aliphatic hydroxyl groups excluding tert-OH is 1. The van der Waals surface area contributed by atoms with Gasteiger partial charge in [0.2, 0.25) is 0 Å². The minimum Gasteiger partial charge on any atom is -0.495 e. The van der Waals surface area contributed by atoms with Crippen molar-refractivity contribution in [3.63, 3.8) is 0 Å². The van der Waals surface area contributed by atoms with Crippen molar-refractivity contribution in [1.82, 2.24) is 14.5 Å². The van der Waals surface area contributed by atoms with Crippen LogP contribution in [0.25, 0.3) is 0 Å². The van der Waals surface area contributed by atoms with Gasteiger partial charge in [-0.3, -0.25) is 4.98 Å². The number of rotatable bonds is 4. The van der Waals surface area contributed by atoms with E-state index in [4.69, 9.17) is 4.74 Å². The molecule has 1 unspecified atom stereocenters. The van der Waals surface area contributed by atoms with Crippen LogP contribution in [0, 0.1) is 0 Å². The Morgan fingerprint density at radius 2 is 2.29 bits per heavy atom. The first kappa shape index (κ1) is 11.6. The standard InChI is InChI=1S/C12H15N3O2/c1-3-15-7-6-14-12(15)11(16)9-4-5-13-8-10(9)17-2/h4-8,11,16H,3H2,1-2H3. The summed E-state index contributed by atoms with van der Waals surface area (Å²) in [5, 5.41) is 10.3. The quantitative estimate of drug-likeness (QED) is 0.866. The third-order valence-corrected chi connectivity index (χ3v) is 2.66. The van der Waals surface area contributed by atoms with Gasteiger partial charge in [-0.05, 0) is 13.0 Å². The molecule has 0 spiro atoms. The Morgan fingerprint density at radius 1 is 1.47 bits per heavy atom. The van der Waals surface area contributed by atoms with E-state index < -0.39 is 6.10 Å². The molecule has 0 aliphatic rings. The molecule has 2 aromatic rings. The molecular weight excluding hydrogens is 218 g/mol. The molecule has 0 radical (unpaired) electrons. The van der Waals surface area contributed by atoms with Crippen molar-refractivity contribution < 1.29 is 9.84 Å². The Labute approximate surface area is 99.7 Å². The Morgan fingerprint density at radius 3 is 3.00 bits per heavy atom. The molecule has 90 valence electrons. The third kappa shape index (κ3) is 2.14. The van der Waals surface area contributed by atoms with Crippen molar-refractivity contribution >= 4 is 0 Å². The van der Waals surface area contributed by atoms with Gasteiger partial charge in [0.15, 0.2) is 0 Å². The van der Waals surface area contributed by atoms with Crippen LogP contribution in [0.5, 0.6) is 5.75 Å².